The second kappa shape index (κ2) is 4.73. The van der Waals surface area contributed by atoms with Crippen LogP contribution in [0.1, 0.15) is 42.5 Å². The van der Waals surface area contributed by atoms with E-state index in [-0.39, 0.29) is 0 Å². The van der Waals surface area contributed by atoms with Crippen LogP contribution < -0.4 is 0 Å². The van der Waals surface area contributed by atoms with Gasteiger partial charge in [-0.25, -0.2) is 0 Å². The zero-order valence-corrected chi connectivity index (χ0v) is 12.7. The molecule has 2 aliphatic carbocycles. The zero-order chi connectivity index (χ0) is 14.4. The molecule has 0 heteroatoms. The van der Waals surface area contributed by atoms with Crippen LogP contribution in [-0.2, 0) is 12.8 Å². The van der Waals surface area contributed by atoms with Crippen LogP contribution >= 0.6 is 0 Å². The van der Waals surface area contributed by atoms with E-state index in [1.54, 1.807) is 11.1 Å². The summed E-state index contributed by atoms with van der Waals surface area (Å²) >= 11 is 0. The first-order valence-corrected chi connectivity index (χ1v) is 7.78. The molecule has 0 heterocycles. The van der Waals surface area contributed by atoms with Crippen LogP contribution in [0.25, 0.3) is 11.1 Å². The molecule has 0 spiro atoms. The van der Waals surface area contributed by atoms with E-state index < -0.39 is 0 Å². The number of rotatable bonds is 2. The lowest BCUT2D eigenvalue weighted by molar-refractivity contribution is 1.01. The van der Waals surface area contributed by atoms with Gasteiger partial charge in [0.2, 0.25) is 0 Å². The fourth-order valence-electron chi connectivity index (χ4n) is 3.83. The summed E-state index contributed by atoms with van der Waals surface area (Å²) in [5.41, 5.74) is 12.1. The Morgan fingerprint density at radius 3 is 1.52 bits per heavy atom. The van der Waals surface area contributed by atoms with Gasteiger partial charge >= 0.3 is 0 Å². The molecule has 0 unspecified atom stereocenters. The van der Waals surface area contributed by atoms with E-state index >= 15 is 0 Å². The van der Waals surface area contributed by atoms with Gasteiger partial charge in [0.25, 0.3) is 0 Å². The maximum atomic E-state index is 2.29. The SMILES string of the molecule is CC1=C(CC2=C(C)c3ccccc3C2)Cc2ccccc21. The van der Waals surface area contributed by atoms with Gasteiger partial charge in [-0.2, -0.15) is 0 Å². The van der Waals surface area contributed by atoms with Gasteiger partial charge in [0, 0.05) is 0 Å². The van der Waals surface area contributed by atoms with E-state index in [4.69, 9.17) is 0 Å². The first-order valence-electron chi connectivity index (χ1n) is 7.78. The van der Waals surface area contributed by atoms with Gasteiger partial charge in [0.1, 0.15) is 0 Å². The van der Waals surface area contributed by atoms with E-state index in [9.17, 15) is 0 Å². The molecular formula is C21H20. The standard InChI is InChI=1S/C21H20/c1-14-18(11-16-7-3-5-9-20(14)16)13-19-12-17-8-4-6-10-21(17)15(19)2/h3-10H,11-13H2,1-2H3. The molecule has 2 aromatic carbocycles. The highest BCUT2D eigenvalue weighted by molar-refractivity contribution is 5.79. The van der Waals surface area contributed by atoms with Gasteiger partial charge in [-0.05, 0) is 66.5 Å². The van der Waals surface area contributed by atoms with E-state index in [1.807, 2.05) is 0 Å². The van der Waals surface area contributed by atoms with E-state index in [0.29, 0.717) is 0 Å². The molecule has 0 N–H and O–H groups in total. The molecule has 0 atom stereocenters. The molecule has 2 aromatic rings. The Kier molecular flexibility index (Phi) is 2.85. The molecule has 4 rings (SSSR count). The summed E-state index contributed by atoms with van der Waals surface area (Å²) in [7, 11) is 0. The summed E-state index contributed by atoms with van der Waals surface area (Å²) < 4.78 is 0. The molecule has 0 saturated carbocycles. The number of fused-ring (bicyclic) bond motifs is 2. The lowest BCUT2D eigenvalue weighted by Gasteiger charge is -2.07. The Bertz CT molecular complexity index is 720. The Labute approximate surface area is 126 Å². The Hall–Kier alpha value is -2.08. The first-order chi connectivity index (χ1) is 10.2. The Balaban J connectivity index is 1.65. The van der Waals surface area contributed by atoms with Crippen molar-refractivity contribution in [1.29, 1.82) is 0 Å². The van der Waals surface area contributed by atoms with Gasteiger partial charge in [-0.3, -0.25) is 0 Å². The maximum absolute atomic E-state index is 2.29. The lowest BCUT2D eigenvalue weighted by atomic mass is 9.98. The van der Waals surface area contributed by atoms with Crippen molar-refractivity contribution in [2.24, 2.45) is 0 Å². The highest BCUT2D eigenvalue weighted by atomic mass is 14.3. The minimum Gasteiger partial charge on any atom is -0.0619 e. The number of hydrogen-bond acceptors (Lipinski definition) is 0. The summed E-state index contributed by atoms with van der Waals surface area (Å²) in [6, 6.07) is 17.7. The molecule has 2 aliphatic rings. The van der Waals surface area contributed by atoms with Crippen molar-refractivity contribution in [3.63, 3.8) is 0 Å². The van der Waals surface area contributed by atoms with E-state index in [1.165, 1.54) is 33.4 Å². The van der Waals surface area contributed by atoms with Crippen LogP contribution in [-0.4, -0.2) is 0 Å². The van der Waals surface area contributed by atoms with E-state index in [2.05, 4.69) is 62.4 Å². The van der Waals surface area contributed by atoms with Crippen LogP contribution in [0, 0.1) is 0 Å². The predicted octanol–water partition coefficient (Wildman–Crippen LogP) is 5.44. The number of allylic oxidation sites excluding steroid dienone is 4. The van der Waals surface area contributed by atoms with Crippen LogP contribution in [0.4, 0.5) is 0 Å². The Morgan fingerprint density at radius 2 is 1.10 bits per heavy atom. The monoisotopic (exact) mass is 272 g/mol. The zero-order valence-electron chi connectivity index (χ0n) is 12.7. The summed E-state index contributed by atoms with van der Waals surface area (Å²) in [6.07, 6.45) is 3.41. The van der Waals surface area contributed by atoms with Gasteiger partial charge in [-0.1, -0.05) is 59.7 Å². The molecule has 0 fully saturated rings. The topological polar surface area (TPSA) is 0 Å². The van der Waals surface area contributed by atoms with Crippen molar-refractivity contribution in [2.45, 2.75) is 33.1 Å². The molecule has 0 aromatic heterocycles. The van der Waals surface area contributed by atoms with Gasteiger partial charge in [0.05, 0.1) is 0 Å². The summed E-state index contributed by atoms with van der Waals surface area (Å²) in [5.74, 6) is 0. The highest BCUT2D eigenvalue weighted by Gasteiger charge is 2.22. The third kappa shape index (κ3) is 1.98. The highest BCUT2D eigenvalue weighted by Crippen LogP contribution is 2.40. The van der Waals surface area contributed by atoms with Crippen molar-refractivity contribution in [3.8, 4) is 0 Å². The fraction of sp³-hybridized carbons (Fsp3) is 0.238. The molecule has 0 nitrogen and oxygen atoms in total. The van der Waals surface area contributed by atoms with Gasteiger partial charge in [-0.15, -0.1) is 0 Å². The molecule has 0 aliphatic heterocycles. The average Bonchev–Trinajstić information content (AvgIpc) is 2.99. The fourth-order valence-corrected chi connectivity index (χ4v) is 3.83. The third-order valence-electron chi connectivity index (χ3n) is 5.14. The van der Waals surface area contributed by atoms with E-state index in [0.717, 1.165) is 19.3 Å². The number of hydrogen-bond donors (Lipinski definition) is 0. The maximum Gasteiger partial charge on any atom is -0.00519 e. The largest absolute Gasteiger partial charge is 0.0619 e. The van der Waals surface area contributed by atoms with Gasteiger partial charge in [0.15, 0.2) is 0 Å². The summed E-state index contributed by atoms with van der Waals surface area (Å²) in [6.45, 7) is 4.58. The summed E-state index contributed by atoms with van der Waals surface area (Å²) in [4.78, 5) is 0. The third-order valence-corrected chi connectivity index (χ3v) is 5.14. The molecule has 0 bridgehead atoms. The van der Waals surface area contributed by atoms with Crippen LogP contribution in [0.5, 0.6) is 0 Å². The van der Waals surface area contributed by atoms with Gasteiger partial charge < -0.3 is 0 Å². The van der Waals surface area contributed by atoms with Crippen LogP contribution in [0.15, 0.2) is 59.7 Å². The molecule has 21 heavy (non-hydrogen) atoms. The molecule has 0 radical (unpaired) electrons. The smallest absolute Gasteiger partial charge is 0.00519 e. The summed E-state index contributed by atoms with van der Waals surface area (Å²) in [5, 5.41) is 0. The minimum absolute atomic E-state index is 1.13. The second-order valence-corrected chi connectivity index (χ2v) is 6.30. The molecule has 104 valence electrons. The lowest BCUT2D eigenvalue weighted by Crippen LogP contribution is -1.91. The second-order valence-electron chi connectivity index (χ2n) is 6.30. The first kappa shape index (κ1) is 12.6. The average molecular weight is 272 g/mol. The normalized spacial score (nSPS) is 16.5. The van der Waals surface area contributed by atoms with Crippen molar-refractivity contribution in [2.75, 3.05) is 0 Å². The minimum atomic E-state index is 1.13. The van der Waals surface area contributed by atoms with Crippen LogP contribution in [0.2, 0.25) is 0 Å². The quantitative estimate of drug-likeness (QED) is 0.683. The van der Waals surface area contributed by atoms with Crippen LogP contribution in [0.3, 0.4) is 0 Å². The van der Waals surface area contributed by atoms with Crippen molar-refractivity contribution < 1.29 is 0 Å². The van der Waals surface area contributed by atoms with Crippen molar-refractivity contribution in [3.05, 3.63) is 81.9 Å². The van der Waals surface area contributed by atoms with Crippen molar-refractivity contribution >= 4 is 11.1 Å². The molecule has 0 saturated heterocycles. The van der Waals surface area contributed by atoms with Crippen molar-refractivity contribution in [1.82, 2.24) is 0 Å². The molecule has 0 amide bonds. The number of benzene rings is 2. The molecular weight excluding hydrogens is 252 g/mol. The predicted molar refractivity (Wildman–Crippen MR) is 90.1 cm³/mol. The Morgan fingerprint density at radius 1 is 0.667 bits per heavy atom.